The van der Waals surface area contributed by atoms with E-state index in [-0.39, 0.29) is 5.75 Å². The molecule has 0 bridgehead atoms. The minimum Gasteiger partial charge on any atom is -0.504 e. The van der Waals surface area contributed by atoms with Gasteiger partial charge in [-0.2, -0.15) is 0 Å². The smallest absolute Gasteiger partial charge is 0.203 e. The van der Waals surface area contributed by atoms with E-state index in [1.807, 2.05) is 35.8 Å². The van der Waals surface area contributed by atoms with Gasteiger partial charge in [-0.15, -0.1) is 0 Å². The number of hydrogen-bond donors (Lipinski definition) is 1. The Labute approximate surface area is 180 Å². The van der Waals surface area contributed by atoms with Gasteiger partial charge in [-0.3, -0.25) is 4.57 Å². The molecule has 7 heteroatoms. The molecule has 4 rings (SSSR count). The van der Waals surface area contributed by atoms with Crippen LogP contribution in [0.25, 0.3) is 27.8 Å². The molecule has 0 aliphatic rings. The lowest BCUT2D eigenvalue weighted by Crippen LogP contribution is -1.99. The summed E-state index contributed by atoms with van der Waals surface area (Å²) in [6.07, 6.45) is 1.76. The predicted molar refractivity (Wildman–Crippen MR) is 119 cm³/mol. The van der Waals surface area contributed by atoms with Crippen molar-refractivity contribution in [1.82, 2.24) is 9.55 Å². The molecule has 0 saturated carbocycles. The number of imidazole rings is 1. The summed E-state index contributed by atoms with van der Waals surface area (Å²) in [4.78, 5) is 4.57. The summed E-state index contributed by atoms with van der Waals surface area (Å²) in [5.74, 6) is 2.18. The maximum absolute atomic E-state index is 10.2. The Morgan fingerprint density at radius 3 is 2.06 bits per heavy atom. The van der Waals surface area contributed by atoms with Gasteiger partial charge in [-0.1, -0.05) is 6.07 Å². The third-order valence-corrected chi connectivity index (χ3v) is 5.31. The molecule has 1 heterocycles. The average Bonchev–Trinajstić information content (AvgIpc) is 3.19. The van der Waals surface area contributed by atoms with E-state index < -0.39 is 0 Å². The van der Waals surface area contributed by atoms with E-state index in [9.17, 15) is 5.11 Å². The summed E-state index contributed by atoms with van der Waals surface area (Å²) in [7, 11) is 6.28. The minimum absolute atomic E-state index is 0.0950. The quantitative estimate of drug-likeness (QED) is 0.486. The standard InChI is InChI=1S/C24H24N2O5/c1-14-8-18-19(12-17(14)15-6-7-21(28-2)20(27)9-15)26(13-25-18)16-10-22(29-3)24(31-5)23(11-16)30-4/h6-13,27H,1-5H3. The average molecular weight is 420 g/mol. The molecular formula is C24H24N2O5. The molecular weight excluding hydrogens is 396 g/mol. The number of ether oxygens (including phenoxy) is 4. The summed E-state index contributed by atoms with van der Waals surface area (Å²) < 4.78 is 23.6. The van der Waals surface area contributed by atoms with Crippen LogP contribution in [0.2, 0.25) is 0 Å². The van der Waals surface area contributed by atoms with Crippen LogP contribution in [0.3, 0.4) is 0 Å². The number of phenolic OH excluding ortho intramolecular Hbond substituents is 1. The molecule has 0 aliphatic heterocycles. The zero-order valence-corrected chi connectivity index (χ0v) is 18.1. The van der Waals surface area contributed by atoms with E-state index in [1.165, 1.54) is 7.11 Å². The third-order valence-electron chi connectivity index (χ3n) is 5.31. The lowest BCUT2D eigenvalue weighted by atomic mass is 9.99. The topological polar surface area (TPSA) is 75.0 Å². The van der Waals surface area contributed by atoms with Gasteiger partial charge in [0, 0.05) is 12.1 Å². The lowest BCUT2D eigenvalue weighted by Gasteiger charge is -2.15. The van der Waals surface area contributed by atoms with Gasteiger partial charge < -0.3 is 24.1 Å². The SMILES string of the molecule is COc1ccc(-c2cc3c(cc2C)ncn3-c2cc(OC)c(OC)c(OC)c2)cc1O. The van der Waals surface area contributed by atoms with E-state index >= 15 is 0 Å². The Balaban J connectivity index is 1.90. The second-order valence-corrected chi connectivity index (χ2v) is 7.04. The van der Waals surface area contributed by atoms with Crippen molar-refractivity contribution in [1.29, 1.82) is 0 Å². The highest BCUT2D eigenvalue weighted by atomic mass is 16.5. The monoisotopic (exact) mass is 420 g/mol. The summed E-state index contributed by atoms with van der Waals surface area (Å²) in [5, 5.41) is 10.2. The van der Waals surface area contributed by atoms with Crippen molar-refractivity contribution in [3.8, 4) is 45.6 Å². The first-order chi connectivity index (χ1) is 15.0. The van der Waals surface area contributed by atoms with Gasteiger partial charge in [-0.05, 0) is 47.9 Å². The van der Waals surface area contributed by atoms with E-state index in [2.05, 4.69) is 11.1 Å². The molecule has 0 fully saturated rings. The molecule has 31 heavy (non-hydrogen) atoms. The van der Waals surface area contributed by atoms with Crippen LogP contribution < -0.4 is 18.9 Å². The first kappa shape index (κ1) is 20.4. The Kier molecular flexibility index (Phi) is 5.33. The number of hydrogen-bond acceptors (Lipinski definition) is 6. The molecule has 7 nitrogen and oxygen atoms in total. The second-order valence-electron chi connectivity index (χ2n) is 7.04. The number of aromatic hydroxyl groups is 1. The minimum atomic E-state index is 0.0950. The molecule has 0 saturated heterocycles. The van der Waals surface area contributed by atoms with Crippen molar-refractivity contribution < 1.29 is 24.1 Å². The van der Waals surface area contributed by atoms with Gasteiger partial charge in [0.1, 0.15) is 6.33 Å². The van der Waals surface area contributed by atoms with Crippen LogP contribution in [0, 0.1) is 6.92 Å². The third kappa shape index (κ3) is 3.48. The first-order valence-electron chi connectivity index (χ1n) is 9.66. The van der Waals surface area contributed by atoms with Crippen LogP contribution in [0.5, 0.6) is 28.7 Å². The van der Waals surface area contributed by atoms with Crippen LogP contribution in [-0.4, -0.2) is 43.1 Å². The van der Waals surface area contributed by atoms with Gasteiger partial charge in [-0.25, -0.2) is 4.98 Å². The normalized spacial score (nSPS) is 10.9. The molecule has 160 valence electrons. The van der Waals surface area contributed by atoms with Gasteiger partial charge in [0.25, 0.3) is 0 Å². The maximum atomic E-state index is 10.2. The molecule has 3 aromatic carbocycles. The molecule has 4 aromatic rings. The number of rotatable bonds is 6. The Morgan fingerprint density at radius 2 is 1.48 bits per heavy atom. The van der Waals surface area contributed by atoms with Crippen molar-refractivity contribution in [2.45, 2.75) is 6.92 Å². The van der Waals surface area contributed by atoms with Crippen molar-refractivity contribution in [3.63, 3.8) is 0 Å². The number of methoxy groups -OCH3 is 4. The molecule has 0 amide bonds. The molecule has 1 N–H and O–H groups in total. The Bertz CT molecular complexity index is 1240. The molecule has 0 atom stereocenters. The highest BCUT2D eigenvalue weighted by Gasteiger charge is 2.17. The van der Waals surface area contributed by atoms with E-state index in [0.29, 0.717) is 23.0 Å². The molecule has 0 radical (unpaired) electrons. The lowest BCUT2D eigenvalue weighted by molar-refractivity contribution is 0.324. The first-order valence-corrected chi connectivity index (χ1v) is 9.66. The van der Waals surface area contributed by atoms with Crippen molar-refractivity contribution in [2.24, 2.45) is 0 Å². The zero-order chi connectivity index (χ0) is 22.1. The maximum Gasteiger partial charge on any atom is 0.203 e. The van der Waals surface area contributed by atoms with E-state index in [1.54, 1.807) is 39.8 Å². The molecule has 0 spiro atoms. The summed E-state index contributed by atoms with van der Waals surface area (Å²) in [6, 6.07) is 13.2. The number of nitrogens with zero attached hydrogens (tertiary/aromatic N) is 2. The van der Waals surface area contributed by atoms with Gasteiger partial charge in [0.2, 0.25) is 5.75 Å². The van der Waals surface area contributed by atoms with Crippen LogP contribution >= 0.6 is 0 Å². The van der Waals surface area contributed by atoms with Crippen molar-refractivity contribution in [3.05, 3.63) is 54.4 Å². The van der Waals surface area contributed by atoms with Gasteiger partial charge in [0.05, 0.1) is 45.2 Å². The van der Waals surface area contributed by atoms with Crippen LogP contribution in [0.4, 0.5) is 0 Å². The fourth-order valence-corrected chi connectivity index (χ4v) is 3.74. The van der Waals surface area contributed by atoms with Crippen molar-refractivity contribution >= 4 is 11.0 Å². The number of aryl methyl sites for hydroxylation is 1. The summed E-state index contributed by atoms with van der Waals surface area (Å²) >= 11 is 0. The Morgan fingerprint density at radius 1 is 0.806 bits per heavy atom. The number of benzene rings is 3. The molecule has 0 unspecified atom stereocenters. The summed E-state index contributed by atoms with van der Waals surface area (Å²) in [6.45, 7) is 2.02. The number of fused-ring (bicyclic) bond motifs is 1. The van der Waals surface area contributed by atoms with Crippen LogP contribution in [-0.2, 0) is 0 Å². The van der Waals surface area contributed by atoms with Gasteiger partial charge >= 0.3 is 0 Å². The van der Waals surface area contributed by atoms with Crippen LogP contribution in [0.15, 0.2) is 48.8 Å². The fraction of sp³-hybridized carbons (Fsp3) is 0.208. The van der Waals surface area contributed by atoms with Crippen LogP contribution in [0.1, 0.15) is 5.56 Å². The fourth-order valence-electron chi connectivity index (χ4n) is 3.74. The predicted octanol–water partition coefficient (Wildman–Crippen LogP) is 4.74. The largest absolute Gasteiger partial charge is 0.504 e. The van der Waals surface area contributed by atoms with E-state index in [0.717, 1.165) is 33.4 Å². The Hall–Kier alpha value is -3.87. The van der Waals surface area contributed by atoms with E-state index in [4.69, 9.17) is 18.9 Å². The zero-order valence-electron chi connectivity index (χ0n) is 18.1. The second kappa shape index (κ2) is 8.10. The number of aromatic nitrogens is 2. The summed E-state index contributed by atoms with van der Waals surface area (Å²) in [5.41, 5.74) is 5.50. The number of phenols is 1. The van der Waals surface area contributed by atoms with Crippen molar-refractivity contribution in [2.75, 3.05) is 28.4 Å². The molecule has 0 aliphatic carbocycles. The highest BCUT2D eigenvalue weighted by molar-refractivity contribution is 5.86. The van der Waals surface area contributed by atoms with Gasteiger partial charge in [0.15, 0.2) is 23.0 Å². The highest BCUT2D eigenvalue weighted by Crippen LogP contribution is 2.40. The molecule has 1 aromatic heterocycles.